The molecule has 1 aromatic carbocycles. The van der Waals surface area contributed by atoms with Gasteiger partial charge in [-0.1, -0.05) is 18.0 Å². The molecule has 0 unspecified atom stereocenters. The van der Waals surface area contributed by atoms with Crippen LogP contribution in [0.3, 0.4) is 0 Å². The molecule has 0 atom stereocenters. The van der Waals surface area contributed by atoms with Gasteiger partial charge >= 0.3 is 0 Å². The van der Waals surface area contributed by atoms with Crippen LogP contribution in [0.15, 0.2) is 23.1 Å². The zero-order valence-electron chi connectivity index (χ0n) is 11.9. The van der Waals surface area contributed by atoms with Crippen LogP contribution in [0, 0.1) is 5.92 Å². The Morgan fingerprint density at radius 1 is 1.40 bits per heavy atom. The van der Waals surface area contributed by atoms with E-state index in [1.807, 2.05) is 0 Å². The Labute approximate surface area is 126 Å². The van der Waals surface area contributed by atoms with Crippen molar-refractivity contribution in [1.29, 1.82) is 0 Å². The van der Waals surface area contributed by atoms with Crippen LogP contribution in [-0.2, 0) is 16.6 Å². The van der Waals surface area contributed by atoms with Gasteiger partial charge in [0.2, 0.25) is 10.0 Å². The number of sulfonamides is 1. The summed E-state index contributed by atoms with van der Waals surface area (Å²) in [5.41, 5.74) is 0.798. The summed E-state index contributed by atoms with van der Waals surface area (Å²) in [4.78, 5) is 0.314. The third-order valence-electron chi connectivity index (χ3n) is 3.83. The maximum absolute atomic E-state index is 12.5. The minimum Gasteiger partial charge on any atom is -0.316 e. The Morgan fingerprint density at radius 2 is 2.10 bits per heavy atom. The molecule has 20 heavy (non-hydrogen) atoms. The molecule has 0 spiro atoms. The number of halogens is 1. The molecule has 1 aromatic rings. The summed E-state index contributed by atoms with van der Waals surface area (Å²) in [5, 5.41) is 3.57. The van der Waals surface area contributed by atoms with Crippen LogP contribution in [-0.4, -0.2) is 33.4 Å². The van der Waals surface area contributed by atoms with Gasteiger partial charge < -0.3 is 5.32 Å². The number of hydrogen-bond acceptors (Lipinski definition) is 3. The fourth-order valence-corrected chi connectivity index (χ4v) is 3.84. The molecule has 2 rings (SSSR count). The molecule has 112 valence electrons. The molecule has 1 fully saturated rings. The summed E-state index contributed by atoms with van der Waals surface area (Å²) in [6, 6.07) is 4.89. The van der Waals surface area contributed by atoms with E-state index in [1.165, 1.54) is 10.7 Å². The minimum atomic E-state index is -3.42. The normalized spacial score (nSPS) is 16.4. The summed E-state index contributed by atoms with van der Waals surface area (Å²) < 4.78 is 26.5. The lowest BCUT2D eigenvalue weighted by Crippen LogP contribution is -2.34. The monoisotopic (exact) mass is 316 g/mol. The van der Waals surface area contributed by atoms with Gasteiger partial charge in [-0.2, -0.15) is 0 Å². The molecule has 0 amide bonds. The Kier molecular flexibility index (Phi) is 5.07. The molecule has 1 saturated carbocycles. The fraction of sp³-hybridized carbons (Fsp3) is 0.571. The van der Waals surface area contributed by atoms with Crippen LogP contribution in [0.25, 0.3) is 0 Å². The van der Waals surface area contributed by atoms with Gasteiger partial charge in [-0.3, -0.25) is 0 Å². The molecule has 0 bridgehead atoms. The molecule has 1 N–H and O–H groups in total. The molecule has 1 aliphatic rings. The number of hydrogen-bond donors (Lipinski definition) is 1. The summed E-state index contributed by atoms with van der Waals surface area (Å²) in [6.07, 6.45) is 3.47. The number of nitrogens with one attached hydrogen (secondary N) is 1. The van der Waals surface area contributed by atoms with Gasteiger partial charge in [0.25, 0.3) is 0 Å². The van der Waals surface area contributed by atoms with Gasteiger partial charge in [-0.25, -0.2) is 12.7 Å². The van der Waals surface area contributed by atoms with E-state index in [9.17, 15) is 8.42 Å². The van der Waals surface area contributed by atoms with Crippen LogP contribution in [0.2, 0.25) is 5.02 Å². The SMILES string of the molecule is CNCc1cc(S(=O)(=O)N(C)CC2CCC2)ccc1Cl. The van der Waals surface area contributed by atoms with E-state index in [2.05, 4.69) is 5.32 Å². The van der Waals surface area contributed by atoms with Crippen LogP contribution in [0.5, 0.6) is 0 Å². The first-order valence-electron chi connectivity index (χ1n) is 6.84. The molecule has 0 aliphatic heterocycles. The van der Waals surface area contributed by atoms with Gasteiger partial charge in [0.15, 0.2) is 0 Å². The lowest BCUT2D eigenvalue weighted by molar-refractivity contribution is 0.263. The van der Waals surface area contributed by atoms with E-state index < -0.39 is 10.0 Å². The number of rotatable bonds is 6. The molecule has 6 heteroatoms. The van der Waals surface area contributed by atoms with Gasteiger partial charge in [0.1, 0.15) is 0 Å². The zero-order chi connectivity index (χ0) is 14.8. The highest BCUT2D eigenvalue weighted by Gasteiger charge is 2.27. The van der Waals surface area contributed by atoms with Crippen LogP contribution < -0.4 is 5.32 Å². The van der Waals surface area contributed by atoms with Gasteiger partial charge in [-0.05, 0) is 49.6 Å². The number of nitrogens with zero attached hydrogens (tertiary/aromatic N) is 1. The van der Waals surface area contributed by atoms with Crippen molar-refractivity contribution >= 4 is 21.6 Å². The van der Waals surface area contributed by atoms with E-state index in [-0.39, 0.29) is 0 Å². The van der Waals surface area contributed by atoms with E-state index in [1.54, 1.807) is 32.3 Å². The quantitative estimate of drug-likeness (QED) is 0.877. The Hall–Kier alpha value is -0.620. The van der Waals surface area contributed by atoms with E-state index in [4.69, 9.17) is 11.6 Å². The average Bonchev–Trinajstić information content (AvgIpc) is 2.36. The second-order valence-corrected chi connectivity index (χ2v) is 7.82. The van der Waals surface area contributed by atoms with Crippen LogP contribution in [0.4, 0.5) is 0 Å². The third-order valence-corrected chi connectivity index (χ3v) is 6.02. The van der Waals surface area contributed by atoms with Crippen molar-refractivity contribution in [2.45, 2.75) is 30.7 Å². The zero-order valence-corrected chi connectivity index (χ0v) is 13.5. The van der Waals surface area contributed by atoms with Crippen LogP contribution in [0.1, 0.15) is 24.8 Å². The smallest absolute Gasteiger partial charge is 0.242 e. The molecule has 0 aromatic heterocycles. The third kappa shape index (κ3) is 3.34. The highest BCUT2D eigenvalue weighted by Crippen LogP contribution is 2.29. The fourth-order valence-electron chi connectivity index (χ4n) is 2.35. The lowest BCUT2D eigenvalue weighted by Gasteiger charge is -2.29. The van der Waals surface area contributed by atoms with E-state index in [0.29, 0.717) is 28.9 Å². The first kappa shape index (κ1) is 15.8. The van der Waals surface area contributed by atoms with E-state index in [0.717, 1.165) is 18.4 Å². The molecule has 4 nitrogen and oxygen atoms in total. The molecular formula is C14H21ClN2O2S. The molecule has 0 radical (unpaired) electrons. The predicted octanol–water partition coefficient (Wildman–Crippen LogP) is 2.48. The maximum Gasteiger partial charge on any atom is 0.242 e. The molecular weight excluding hydrogens is 296 g/mol. The first-order chi connectivity index (χ1) is 9.45. The van der Waals surface area contributed by atoms with Gasteiger partial charge in [0, 0.05) is 25.2 Å². The molecule has 1 aliphatic carbocycles. The lowest BCUT2D eigenvalue weighted by atomic mass is 9.86. The summed E-state index contributed by atoms with van der Waals surface area (Å²) in [5.74, 6) is 0.513. The highest BCUT2D eigenvalue weighted by molar-refractivity contribution is 7.89. The van der Waals surface area contributed by atoms with Crippen molar-refractivity contribution < 1.29 is 8.42 Å². The largest absolute Gasteiger partial charge is 0.316 e. The Bertz CT molecular complexity index is 571. The maximum atomic E-state index is 12.5. The predicted molar refractivity (Wildman–Crippen MR) is 81.4 cm³/mol. The second kappa shape index (κ2) is 6.43. The van der Waals surface area contributed by atoms with Gasteiger partial charge in [0.05, 0.1) is 4.90 Å². The summed E-state index contributed by atoms with van der Waals surface area (Å²) >= 11 is 6.07. The van der Waals surface area contributed by atoms with Crippen molar-refractivity contribution in [1.82, 2.24) is 9.62 Å². The highest BCUT2D eigenvalue weighted by atomic mass is 35.5. The second-order valence-electron chi connectivity index (χ2n) is 5.37. The molecule has 0 saturated heterocycles. The average molecular weight is 317 g/mol. The summed E-state index contributed by atoms with van der Waals surface area (Å²) in [7, 11) is 0.0376. The van der Waals surface area contributed by atoms with Crippen molar-refractivity contribution in [3.05, 3.63) is 28.8 Å². The van der Waals surface area contributed by atoms with E-state index >= 15 is 0 Å². The van der Waals surface area contributed by atoms with Gasteiger partial charge in [-0.15, -0.1) is 0 Å². The van der Waals surface area contributed by atoms with Crippen molar-refractivity contribution in [2.75, 3.05) is 20.6 Å². The first-order valence-corrected chi connectivity index (χ1v) is 8.66. The standard InChI is InChI=1S/C14H21ClN2O2S/c1-16-9-12-8-13(6-7-14(12)15)20(18,19)17(2)10-11-4-3-5-11/h6-8,11,16H,3-5,9-10H2,1-2H3. The summed E-state index contributed by atoms with van der Waals surface area (Å²) in [6.45, 7) is 1.15. The number of benzene rings is 1. The Balaban J connectivity index is 2.21. The van der Waals surface area contributed by atoms with Crippen molar-refractivity contribution in [3.8, 4) is 0 Å². The topological polar surface area (TPSA) is 49.4 Å². The van der Waals surface area contributed by atoms with Crippen molar-refractivity contribution in [3.63, 3.8) is 0 Å². The Morgan fingerprint density at radius 3 is 2.65 bits per heavy atom. The molecule has 0 heterocycles. The van der Waals surface area contributed by atoms with Crippen molar-refractivity contribution in [2.24, 2.45) is 5.92 Å². The minimum absolute atomic E-state index is 0.314. The van der Waals surface area contributed by atoms with Crippen LogP contribution >= 0.6 is 11.6 Å².